The highest BCUT2D eigenvalue weighted by atomic mass is 19.1. The van der Waals surface area contributed by atoms with Gasteiger partial charge in [0.1, 0.15) is 17.1 Å². The molecule has 1 fully saturated rings. The lowest BCUT2D eigenvalue weighted by atomic mass is 9.77. The number of carboxylic acid groups (broad SMARTS) is 1. The van der Waals surface area contributed by atoms with Crippen LogP contribution in [0.15, 0.2) is 18.2 Å². The molecule has 0 aromatic heterocycles. The van der Waals surface area contributed by atoms with E-state index in [1.54, 1.807) is 0 Å². The van der Waals surface area contributed by atoms with Gasteiger partial charge in [0.15, 0.2) is 0 Å². The molecule has 0 heterocycles. The first-order valence-electron chi connectivity index (χ1n) is 6.13. The Labute approximate surface area is 114 Å². The molecule has 2 amide bonds. The van der Waals surface area contributed by atoms with E-state index in [4.69, 9.17) is 9.84 Å². The van der Waals surface area contributed by atoms with Crippen LogP contribution in [0, 0.1) is 5.82 Å². The van der Waals surface area contributed by atoms with Crippen LogP contribution in [-0.2, 0) is 4.79 Å². The summed E-state index contributed by atoms with van der Waals surface area (Å²) in [4.78, 5) is 23.0. The standard InChI is InChI=1S/C13H15FN2O4/c1-20-10-7-8(14)3-4-9(10)15-12(19)16-13(11(17)18)5-2-6-13/h3-4,7H,2,5-6H2,1H3,(H,17,18)(H2,15,16,19). The molecule has 0 spiro atoms. The molecule has 1 aromatic carbocycles. The molecule has 0 unspecified atom stereocenters. The molecule has 108 valence electrons. The lowest BCUT2D eigenvalue weighted by molar-refractivity contribution is -0.148. The molecule has 2 rings (SSSR count). The van der Waals surface area contributed by atoms with Crippen molar-refractivity contribution in [1.82, 2.24) is 5.32 Å². The third-order valence-electron chi connectivity index (χ3n) is 3.38. The Bertz CT molecular complexity index is 543. The highest BCUT2D eigenvalue weighted by Gasteiger charge is 2.45. The van der Waals surface area contributed by atoms with Gasteiger partial charge in [0, 0.05) is 6.07 Å². The highest BCUT2D eigenvalue weighted by molar-refractivity contribution is 5.95. The number of carbonyl (C=O) groups excluding carboxylic acids is 1. The van der Waals surface area contributed by atoms with Crippen LogP contribution in [0.3, 0.4) is 0 Å². The molecule has 0 atom stereocenters. The van der Waals surface area contributed by atoms with Crippen molar-refractivity contribution in [2.75, 3.05) is 12.4 Å². The number of methoxy groups -OCH3 is 1. The number of ether oxygens (including phenoxy) is 1. The first-order valence-corrected chi connectivity index (χ1v) is 6.13. The maximum absolute atomic E-state index is 13.0. The molecule has 0 saturated heterocycles. The number of urea groups is 1. The van der Waals surface area contributed by atoms with E-state index in [2.05, 4.69) is 10.6 Å². The summed E-state index contributed by atoms with van der Waals surface area (Å²) in [6, 6.07) is 3.00. The average molecular weight is 282 g/mol. The van der Waals surface area contributed by atoms with Crippen LogP contribution < -0.4 is 15.4 Å². The second-order valence-electron chi connectivity index (χ2n) is 4.66. The number of carbonyl (C=O) groups is 2. The monoisotopic (exact) mass is 282 g/mol. The van der Waals surface area contributed by atoms with Gasteiger partial charge >= 0.3 is 12.0 Å². The number of rotatable bonds is 4. The summed E-state index contributed by atoms with van der Waals surface area (Å²) >= 11 is 0. The molecule has 0 aliphatic heterocycles. The van der Waals surface area contributed by atoms with Crippen LogP contribution in [0.1, 0.15) is 19.3 Å². The van der Waals surface area contributed by atoms with Crippen molar-refractivity contribution in [2.45, 2.75) is 24.8 Å². The van der Waals surface area contributed by atoms with E-state index in [-0.39, 0.29) is 11.4 Å². The molecule has 6 nitrogen and oxygen atoms in total. The first kappa shape index (κ1) is 14.1. The zero-order valence-corrected chi connectivity index (χ0v) is 10.9. The maximum Gasteiger partial charge on any atom is 0.329 e. The number of hydrogen-bond acceptors (Lipinski definition) is 3. The zero-order valence-electron chi connectivity index (χ0n) is 10.9. The molecule has 0 bridgehead atoms. The largest absolute Gasteiger partial charge is 0.494 e. The fourth-order valence-electron chi connectivity index (χ4n) is 2.06. The number of halogens is 1. The highest BCUT2D eigenvalue weighted by Crippen LogP contribution is 2.32. The lowest BCUT2D eigenvalue weighted by Crippen LogP contribution is -2.60. The van der Waals surface area contributed by atoms with Gasteiger partial charge in [-0.2, -0.15) is 0 Å². The number of aliphatic carboxylic acids is 1. The number of benzene rings is 1. The van der Waals surface area contributed by atoms with Crippen molar-refractivity contribution >= 4 is 17.7 Å². The maximum atomic E-state index is 13.0. The minimum atomic E-state index is -1.20. The number of carboxylic acids is 1. The van der Waals surface area contributed by atoms with Gasteiger partial charge in [0.25, 0.3) is 0 Å². The smallest absolute Gasteiger partial charge is 0.329 e. The number of hydrogen-bond donors (Lipinski definition) is 3. The quantitative estimate of drug-likeness (QED) is 0.787. The Balaban J connectivity index is 2.07. The van der Waals surface area contributed by atoms with Crippen molar-refractivity contribution in [2.24, 2.45) is 0 Å². The predicted octanol–water partition coefficient (Wildman–Crippen LogP) is 1.96. The Morgan fingerprint density at radius 3 is 2.60 bits per heavy atom. The molecule has 20 heavy (non-hydrogen) atoms. The number of nitrogens with one attached hydrogen (secondary N) is 2. The fraction of sp³-hybridized carbons (Fsp3) is 0.385. The molecular weight excluding hydrogens is 267 g/mol. The van der Waals surface area contributed by atoms with Crippen LogP contribution >= 0.6 is 0 Å². The topological polar surface area (TPSA) is 87.7 Å². The van der Waals surface area contributed by atoms with E-state index in [1.165, 1.54) is 19.2 Å². The van der Waals surface area contributed by atoms with E-state index < -0.39 is 23.4 Å². The third kappa shape index (κ3) is 2.66. The van der Waals surface area contributed by atoms with Crippen molar-refractivity contribution < 1.29 is 23.8 Å². The second-order valence-corrected chi connectivity index (χ2v) is 4.66. The van der Waals surface area contributed by atoms with E-state index in [0.717, 1.165) is 12.5 Å². The molecule has 3 N–H and O–H groups in total. The summed E-state index contributed by atoms with van der Waals surface area (Å²) in [7, 11) is 1.35. The molecule has 1 aliphatic rings. The summed E-state index contributed by atoms with van der Waals surface area (Å²) in [5.41, 5.74) is -0.927. The third-order valence-corrected chi connectivity index (χ3v) is 3.38. The summed E-state index contributed by atoms with van der Waals surface area (Å²) < 4.78 is 18.0. The number of anilines is 1. The van der Waals surface area contributed by atoms with Crippen LogP contribution in [0.4, 0.5) is 14.9 Å². The van der Waals surface area contributed by atoms with Crippen LogP contribution in [0.5, 0.6) is 5.75 Å². The zero-order chi connectivity index (χ0) is 14.8. The molecule has 1 saturated carbocycles. The van der Waals surface area contributed by atoms with E-state index in [1.807, 2.05) is 0 Å². The molecule has 1 aromatic rings. The lowest BCUT2D eigenvalue weighted by Gasteiger charge is -2.38. The van der Waals surface area contributed by atoms with Crippen LogP contribution in [0.25, 0.3) is 0 Å². The summed E-state index contributed by atoms with van der Waals surface area (Å²) in [5, 5.41) is 14.0. The summed E-state index contributed by atoms with van der Waals surface area (Å²) in [5.74, 6) is -1.38. The van der Waals surface area contributed by atoms with Gasteiger partial charge in [-0.15, -0.1) is 0 Å². The Kier molecular flexibility index (Phi) is 3.78. The van der Waals surface area contributed by atoms with Gasteiger partial charge in [-0.1, -0.05) is 0 Å². The van der Waals surface area contributed by atoms with Crippen molar-refractivity contribution in [3.05, 3.63) is 24.0 Å². The van der Waals surface area contributed by atoms with Gasteiger partial charge in [-0.25, -0.2) is 14.0 Å². The number of amides is 2. The Morgan fingerprint density at radius 2 is 2.10 bits per heavy atom. The molecular formula is C13H15FN2O4. The van der Waals surface area contributed by atoms with Gasteiger partial charge in [0.05, 0.1) is 12.8 Å². The predicted molar refractivity (Wildman–Crippen MR) is 69.3 cm³/mol. The van der Waals surface area contributed by atoms with Crippen molar-refractivity contribution in [3.8, 4) is 5.75 Å². The van der Waals surface area contributed by atoms with E-state index in [9.17, 15) is 14.0 Å². The Hall–Kier alpha value is -2.31. The molecule has 7 heteroatoms. The van der Waals surface area contributed by atoms with Gasteiger partial charge in [0.2, 0.25) is 0 Å². The normalized spacial score (nSPS) is 15.9. The second kappa shape index (κ2) is 5.36. The molecule has 0 radical (unpaired) electrons. The summed E-state index contributed by atoms with van der Waals surface area (Å²) in [6.45, 7) is 0. The first-order chi connectivity index (χ1) is 9.47. The van der Waals surface area contributed by atoms with E-state index in [0.29, 0.717) is 12.8 Å². The van der Waals surface area contributed by atoms with Crippen LogP contribution in [0.2, 0.25) is 0 Å². The SMILES string of the molecule is COc1cc(F)ccc1NC(=O)NC1(C(=O)O)CCC1. The average Bonchev–Trinajstić information content (AvgIpc) is 2.35. The van der Waals surface area contributed by atoms with Crippen molar-refractivity contribution in [1.29, 1.82) is 0 Å². The summed E-state index contributed by atoms with van der Waals surface area (Å²) in [6.07, 6.45) is 1.55. The van der Waals surface area contributed by atoms with E-state index >= 15 is 0 Å². The minimum absolute atomic E-state index is 0.165. The van der Waals surface area contributed by atoms with Gasteiger partial charge < -0.3 is 20.5 Å². The van der Waals surface area contributed by atoms with Crippen molar-refractivity contribution in [3.63, 3.8) is 0 Å². The van der Waals surface area contributed by atoms with Gasteiger partial charge in [-0.05, 0) is 31.4 Å². The Morgan fingerprint density at radius 1 is 1.40 bits per heavy atom. The van der Waals surface area contributed by atoms with Gasteiger partial charge in [-0.3, -0.25) is 0 Å². The fourth-order valence-corrected chi connectivity index (χ4v) is 2.06. The van der Waals surface area contributed by atoms with Crippen LogP contribution in [-0.4, -0.2) is 29.8 Å². The minimum Gasteiger partial charge on any atom is -0.494 e. The molecule has 1 aliphatic carbocycles.